The molecule has 0 atom stereocenters. The second kappa shape index (κ2) is 10.3. The van der Waals surface area contributed by atoms with E-state index in [9.17, 15) is 0 Å². The van der Waals surface area contributed by atoms with Crippen LogP contribution in [0.5, 0.6) is 11.5 Å². The lowest BCUT2D eigenvalue weighted by Crippen LogP contribution is -2.41. The molecule has 2 aromatic heterocycles. The zero-order valence-corrected chi connectivity index (χ0v) is 26.7. The fourth-order valence-corrected chi connectivity index (χ4v) is 5.38. The molecule has 0 unspecified atom stereocenters. The Kier molecular flexibility index (Phi) is 6.87. The molecule has 7 rings (SSSR count). The Morgan fingerprint density at radius 3 is 1.38 bits per heavy atom. The summed E-state index contributed by atoms with van der Waals surface area (Å²) < 4.78 is 50.1. The Hall–Kier alpha value is -3.83. The van der Waals surface area contributed by atoms with Crippen LogP contribution >= 0.6 is 0 Å². The van der Waals surface area contributed by atoms with Crippen LogP contribution in [0.2, 0.25) is 0 Å². The van der Waals surface area contributed by atoms with Crippen LogP contribution in [0.15, 0.2) is 76.2 Å². The molecule has 5 aromatic rings. The number of oxazole rings is 2. The summed E-state index contributed by atoms with van der Waals surface area (Å²) in [5.41, 5.74) is 2.37. The van der Waals surface area contributed by atoms with Crippen molar-refractivity contribution in [1.82, 2.24) is 9.97 Å². The highest BCUT2D eigenvalue weighted by Gasteiger charge is 2.54. The summed E-state index contributed by atoms with van der Waals surface area (Å²) in [6.45, 7) is 16.1. The lowest BCUT2D eigenvalue weighted by atomic mass is 9.78. The normalized spacial score (nSPS) is 20.0. The van der Waals surface area contributed by atoms with E-state index in [1.165, 1.54) is 12.8 Å². The molecule has 0 saturated carbocycles. The van der Waals surface area contributed by atoms with Crippen LogP contribution < -0.4 is 20.4 Å². The summed E-state index contributed by atoms with van der Waals surface area (Å²) in [4.78, 5) is 8.82. The lowest BCUT2D eigenvalue weighted by molar-refractivity contribution is 0.00408. The molecule has 0 N–H and O–H groups in total. The largest absolute Gasteiger partial charge is 0.498 e. The van der Waals surface area contributed by atoms with Crippen molar-refractivity contribution in [3.05, 3.63) is 72.9 Å². The maximum atomic E-state index is 6.59. The van der Waals surface area contributed by atoms with E-state index in [-0.39, 0.29) is 0 Å². The quantitative estimate of drug-likeness (QED) is 0.168. The van der Waals surface area contributed by atoms with Gasteiger partial charge in [-0.25, -0.2) is 9.97 Å². The van der Waals surface area contributed by atoms with E-state index in [4.69, 9.17) is 36.9 Å². The molecule has 2 saturated heterocycles. The third-order valence-corrected chi connectivity index (χ3v) is 9.44. The summed E-state index contributed by atoms with van der Waals surface area (Å²) in [6.07, 6.45) is 1.95. The van der Waals surface area contributed by atoms with E-state index in [0.717, 1.165) is 5.56 Å². The van der Waals surface area contributed by atoms with Gasteiger partial charge < -0.3 is 36.9 Å². The van der Waals surface area contributed by atoms with Crippen LogP contribution in [0.25, 0.3) is 22.2 Å². The molecular weight excluding hydrogens is 574 g/mol. The number of hydrogen-bond acceptors (Lipinski definition) is 10. The Labute approximate surface area is 262 Å². The first-order valence-electron chi connectivity index (χ1n) is 15.1. The fraction of sp³-hybridized carbons (Fsp3) is 0.394. The third-order valence-electron chi connectivity index (χ3n) is 9.44. The number of hydrogen-bond donors (Lipinski definition) is 0. The molecule has 12 heteroatoms. The van der Waals surface area contributed by atoms with Gasteiger partial charge in [0.15, 0.2) is 24.0 Å². The molecule has 0 bridgehead atoms. The maximum Gasteiger partial charge on any atom is 0.498 e. The minimum absolute atomic E-state index is 0.503. The summed E-state index contributed by atoms with van der Waals surface area (Å²) in [5.74, 6) is 1.01. The van der Waals surface area contributed by atoms with Crippen LogP contribution in [0.4, 0.5) is 0 Å². The maximum absolute atomic E-state index is 6.59. The first-order valence-corrected chi connectivity index (χ1v) is 15.1. The highest BCUT2D eigenvalue weighted by atomic mass is 16.7. The van der Waals surface area contributed by atoms with Gasteiger partial charge in [0.1, 0.15) is 22.5 Å². The van der Waals surface area contributed by atoms with E-state index in [1.807, 2.05) is 110 Å². The van der Waals surface area contributed by atoms with Crippen molar-refractivity contribution in [2.75, 3.05) is 0 Å². The van der Waals surface area contributed by atoms with E-state index in [2.05, 4.69) is 9.97 Å². The topological polar surface area (TPSA) is 107 Å². The van der Waals surface area contributed by atoms with Crippen molar-refractivity contribution >= 4 is 47.4 Å². The van der Waals surface area contributed by atoms with E-state index in [0.29, 0.717) is 44.6 Å². The first-order chi connectivity index (χ1) is 21.2. The molecule has 45 heavy (non-hydrogen) atoms. The van der Waals surface area contributed by atoms with Gasteiger partial charge in [0, 0.05) is 28.6 Å². The molecule has 0 spiro atoms. The third kappa shape index (κ3) is 5.19. The van der Waals surface area contributed by atoms with E-state index in [1.54, 1.807) is 0 Å². The molecule has 0 aliphatic carbocycles. The van der Waals surface area contributed by atoms with Crippen LogP contribution in [0.1, 0.15) is 67.2 Å². The average molecular weight is 610 g/mol. The van der Waals surface area contributed by atoms with Crippen molar-refractivity contribution in [2.45, 2.75) is 84.1 Å². The summed E-state index contributed by atoms with van der Waals surface area (Å²) in [7, 11) is -1.36. The minimum atomic E-state index is -0.850. The molecule has 0 radical (unpaired) electrons. The average Bonchev–Trinajstić information content (AvgIpc) is 3.72. The number of aromatic nitrogens is 2. The predicted octanol–water partition coefficient (Wildman–Crippen LogP) is 5.72. The molecular formula is C33H36B2N2O8. The standard InChI is InChI=1S/C33H36B2N2O8/c1-30(2)31(3,4)43-34(42-30)23-14-21(16-25-27(23)38-18-36-25)40-29(20-12-10-9-11-13-20)41-22-15-24(28-26(17-22)37-19-39-28)35-44-32(5,6)33(7,8)45-35/h9-19,29H,1-8H3. The number of rotatable bonds is 7. The molecule has 232 valence electrons. The van der Waals surface area contributed by atoms with Crippen LogP contribution in [-0.4, -0.2) is 46.6 Å². The first kappa shape index (κ1) is 29.9. The Morgan fingerprint density at radius 2 is 0.978 bits per heavy atom. The van der Waals surface area contributed by atoms with Crippen molar-refractivity contribution < 1.29 is 36.9 Å². The fourth-order valence-electron chi connectivity index (χ4n) is 5.38. The van der Waals surface area contributed by atoms with Crippen molar-refractivity contribution in [1.29, 1.82) is 0 Å². The molecule has 2 aliphatic heterocycles. The van der Waals surface area contributed by atoms with Gasteiger partial charge in [0.25, 0.3) is 6.29 Å². The smallest absolute Gasteiger partial charge is 0.451 e. The number of nitrogens with zero attached hydrogens (tertiary/aromatic N) is 2. The van der Waals surface area contributed by atoms with E-state index >= 15 is 0 Å². The second-order valence-electron chi connectivity index (χ2n) is 13.6. The number of ether oxygens (including phenoxy) is 2. The number of fused-ring (bicyclic) bond motifs is 2. The second-order valence-corrected chi connectivity index (χ2v) is 13.6. The van der Waals surface area contributed by atoms with Gasteiger partial charge in [0.05, 0.1) is 22.4 Å². The Balaban J connectivity index is 1.25. The highest BCUT2D eigenvalue weighted by molar-refractivity contribution is 6.65. The van der Waals surface area contributed by atoms with Gasteiger partial charge in [-0.1, -0.05) is 30.3 Å². The zero-order valence-electron chi connectivity index (χ0n) is 26.7. The molecule has 4 heterocycles. The molecule has 3 aromatic carbocycles. The molecule has 2 fully saturated rings. The van der Waals surface area contributed by atoms with Gasteiger partial charge in [0.2, 0.25) is 0 Å². The van der Waals surface area contributed by atoms with Gasteiger partial charge in [-0.05, 0) is 67.5 Å². The summed E-state index contributed by atoms with van der Waals surface area (Å²) in [6, 6.07) is 17.0. The van der Waals surface area contributed by atoms with Gasteiger partial charge in [-0.3, -0.25) is 0 Å². The monoisotopic (exact) mass is 610 g/mol. The van der Waals surface area contributed by atoms with Gasteiger partial charge in [-0.2, -0.15) is 0 Å². The molecule has 10 nitrogen and oxygen atoms in total. The Bertz CT molecular complexity index is 1720. The molecule has 0 amide bonds. The SMILES string of the molecule is CC1(C)OB(c2cc(OC(Oc3cc(B4OC(C)(C)C(C)(C)O4)c4ocnc4c3)c3ccccc3)cc3ncoc23)OC1(C)C. The lowest BCUT2D eigenvalue weighted by Gasteiger charge is -2.32. The summed E-state index contributed by atoms with van der Waals surface area (Å²) >= 11 is 0. The van der Waals surface area contributed by atoms with Crippen LogP contribution in [0.3, 0.4) is 0 Å². The van der Waals surface area contributed by atoms with Gasteiger partial charge in [-0.15, -0.1) is 0 Å². The highest BCUT2D eigenvalue weighted by Crippen LogP contribution is 2.39. The predicted molar refractivity (Wildman–Crippen MR) is 170 cm³/mol. The van der Waals surface area contributed by atoms with Crippen LogP contribution in [0, 0.1) is 0 Å². The molecule has 2 aliphatic rings. The van der Waals surface area contributed by atoms with Crippen molar-refractivity contribution in [3.8, 4) is 11.5 Å². The Morgan fingerprint density at radius 1 is 0.578 bits per heavy atom. The van der Waals surface area contributed by atoms with Crippen molar-refractivity contribution in [2.24, 2.45) is 0 Å². The summed E-state index contributed by atoms with van der Waals surface area (Å²) in [5, 5.41) is 0. The van der Waals surface area contributed by atoms with Gasteiger partial charge >= 0.3 is 14.2 Å². The minimum Gasteiger partial charge on any atom is -0.451 e. The van der Waals surface area contributed by atoms with E-state index < -0.39 is 42.9 Å². The number of benzene rings is 3. The van der Waals surface area contributed by atoms with Crippen LogP contribution in [-0.2, 0) is 18.6 Å². The van der Waals surface area contributed by atoms with Crippen molar-refractivity contribution in [3.63, 3.8) is 0 Å². The zero-order chi connectivity index (χ0) is 31.8.